The topological polar surface area (TPSA) is 59.2 Å². The number of hydrogen-bond acceptors (Lipinski definition) is 5. The fourth-order valence-electron chi connectivity index (χ4n) is 3.52. The summed E-state index contributed by atoms with van der Waals surface area (Å²) >= 11 is 0. The third-order valence-electron chi connectivity index (χ3n) is 5.15. The van der Waals surface area contributed by atoms with Gasteiger partial charge < -0.3 is 4.52 Å². The van der Waals surface area contributed by atoms with E-state index in [2.05, 4.69) is 22.0 Å². The molecule has 0 radical (unpaired) electrons. The Hall–Kier alpha value is -2.79. The Bertz CT molecular complexity index is 895. The molecule has 1 aliphatic rings. The number of rotatable bonds is 5. The van der Waals surface area contributed by atoms with Gasteiger partial charge in [-0.2, -0.15) is 4.98 Å². The van der Waals surface area contributed by atoms with Gasteiger partial charge in [-0.1, -0.05) is 65.3 Å². The van der Waals surface area contributed by atoms with Crippen LogP contribution in [0.5, 0.6) is 0 Å². The summed E-state index contributed by atoms with van der Waals surface area (Å²) in [5.74, 6) is 1.61. The summed E-state index contributed by atoms with van der Waals surface area (Å²) in [6.07, 6.45) is 1.74. The van der Waals surface area contributed by atoms with E-state index < -0.39 is 0 Å². The number of carbonyl (C=O) groups excluding carboxylic acids is 1. The van der Waals surface area contributed by atoms with E-state index in [1.807, 2.05) is 54.6 Å². The Morgan fingerprint density at radius 2 is 1.78 bits per heavy atom. The first-order valence-electron chi connectivity index (χ1n) is 9.40. The summed E-state index contributed by atoms with van der Waals surface area (Å²) in [6, 6.07) is 17.7. The molecule has 2 heterocycles. The molecule has 1 fully saturated rings. The molecule has 2 aromatic carbocycles. The lowest BCUT2D eigenvalue weighted by atomic mass is 9.89. The summed E-state index contributed by atoms with van der Waals surface area (Å²) in [7, 11) is 0. The predicted molar refractivity (Wildman–Crippen MR) is 103 cm³/mol. The fourth-order valence-corrected chi connectivity index (χ4v) is 3.52. The van der Waals surface area contributed by atoms with Crippen LogP contribution in [0.4, 0.5) is 0 Å². The average Bonchev–Trinajstić information content (AvgIpc) is 3.18. The van der Waals surface area contributed by atoms with E-state index in [0.29, 0.717) is 18.3 Å². The van der Waals surface area contributed by atoms with Crippen molar-refractivity contribution in [2.24, 2.45) is 5.92 Å². The quantitative estimate of drug-likeness (QED) is 0.639. The molecule has 0 amide bonds. The first-order valence-corrected chi connectivity index (χ1v) is 9.40. The van der Waals surface area contributed by atoms with Crippen LogP contribution in [0.15, 0.2) is 59.1 Å². The minimum absolute atomic E-state index is 0.106. The van der Waals surface area contributed by atoms with Gasteiger partial charge in [0.1, 0.15) is 0 Å². The molecular formula is C22H23N3O2. The molecule has 1 aliphatic heterocycles. The highest BCUT2D eigenvalue weighted by atomic mass is 16.5. The molecule has 1 aromatic heterocycles. The predicted octanol–water partition coefficient (Wildman–Crippen LogP) is 4.14. The van der Waals surface area contributed by atoms with Crippen LogP contribution in [-0.4, -0.2) is 33.9 Å². The minimum atomic E-state index is 0.106. The number of carbonyl (C=O) groups is 1. The van der Waals surface area contributed by atoms with Crippen molar-refractivity contribution >= 4 is 5.78 Å². The maximum Gasteiger partial charge on any atom is 0.241 e. The van der Waals surface area contributed by atoms with E-state index in [4.69, 9.17) is 4.52 Å². The van der Waals surface area contributed by atoms with Gasteiger partial charge in [0.05, 0.1) is 6.54 Å². The van der Waals surface area contributed by atoms with Gasteiger partial charge in [0.2, 0.25) is 11.7 Å². The highest BCUT2D eigenvalue weighted by Crippen LogP contribution is 2.23. The monoisotopic (exact) mass is 361 g/mol. The van der Waals surface area contributed by atoms with Crippen molar-refractivity contribution in [2.75, 3.05) is 13.1 Å². The van der Waals surface area contributed by atoms with Gasteiger partial charge in [-0.05, 0) is 32.9 Å². The summed E-state index contributed by atoms with van der Waals surface area (Å²) in [5, 5.41) is 4.10. The first kappa shape index (κ1) is 17.6. The SMILES string of the molecule is Cc1ccc(-c2noc(CN3CCC(C(=O)c4ccccc4)CC3)n2)cc1. The Labute approximate surface area is 159 Å². The molecular weight excluding hydrogens is 338 g/mol. The second kappa shape index (κ2) is 7.84. The van der Waals surface area contributed by atoms with E-state index in [1.54, 1.807) is 0 Å². The number of likely N-dealkylation sites (tertiary alicyclic amines) is 1. The third kappa shape index (κ3) is 4.14. The van der Waals surface area contributed by atoms with Gasteiger partial charge in [-0.3, -0.25) is 9.69 Å². The lowest BCUT2D eigenvalue weighted by molar-refractivity contribution is 0.0825. The van der Waals surface area contributed by atoms with Crippen LogP contribution in [-0.2, 0) is 6.54 Å². The van der Waals surface area contributed by atoms with Gasteiger partial charge in [0.25, 0.3) is 0 Å². The number of benzene rings is 2. The lowest BCUT2D eigenvalue weighted by Gasteiger charge is -2.30. The number of hydrogen-bond donors (Lipinski definition) is 0. The van der Waals surface area contributed by atoms with Crippen molar-refractivity contribution in [1.82, 2.24) is 15.0 Å². The molecule has 0 atom stereocenters. The summed E-state index contributed by atoms with van der Waals surface area (Å²) < 4.78 is 5.43. The molecule has 1 saturated heterocycles. The van der Waals surface area contributed by atoms with E-state index in [0.717, 1.165) is 37.1 Å². The van der Waals surface area contributed by atoms with Crippen molar-refractivity contribution in [3.63, 3.8) is 0 Å². The summed E-state index contributed by atoms with van der Waals surface area (Å²) in [5.41, 5.74) is 2.98. The molecule has 5 nitrogen and oxygen atoms in total. The van der Waals surface area contributed by atoms with Gasteiger partial charge in [0.15, 0.2) is 5.78 Å². The summed E-state index contributed by atoms with van der Waals surface area (Å²) in [4.78, 5) is 19.4. The average molecular weight is 361 g/mol. The number of aryl methyl sites for hydroxylation is 1. The van der Waals surface area contributed by atoms with Crippen molar-refractivity contribution < 1.29 is 9.32 Å². The Balaban J connectivity index is 1.33. The molecule has 0 spiro atoms. The molecule has 0 bridgehead atoms. The van der Waals surface area contributed by atoms with Crippen LogP contribution in [0.1, 0.15) is 34.7 Å². The molecule has 3 aromatic rings. The van der Waals surface area contributed by atoms with Crippen molar-refractivity contribution in [3.05, 3.63) is 71.6 Å². The van der Waals surface area contributed by atoms with E-state index in [9.17, 15) is 4.79 Å². The Morgan fingerprint density at radius 3 is 2.48 bits per heavy atom. The van der Waals surface area contributed by atoms with Crippen LogP contribution < -0.4 is 0 Å². The maximum absolute atomic E-state index is 12.6. The molecule has 4 rings (SSSR count). The van der Waals surface area contributed by atoms with Crippen molar-refractivity contribution in [3.8, 4) is 11.4 Å². The maximum atomic E-state index is 12.6. The summed E-state index contributed by atoms with van der Waals surface area (Å²) in [6.45, 7) is 4.42. The first-order chi connectivity index (χ1) is 13.2. The third-order valence-corrected chi connectivity index (χ3v) is 5.15. The van der Waals surface area contributed by atoms with Gasteiger partial charge in [-0.15, -0.1) is 0 Å². The normalized spacial score (nSPS) is 15.7. The molecule has 5 heteroatoms. The zero-order valence-corrected chi connectivity index (χ0v) is 15.5. The number of piperidine rings is 1. The van der Waals surface area contributed by atoms with Gasteiger partial charge in [-0.25, -0.2) is 0 Å². The number of ketones is 1. The van der Waals surface area contributed by atoms with Gasteiger partial charge in [0, 0.05) is 17.0 Å². The Kier molecular flexibility index (Phi) is 5.12. The van der Waals surface area contributed by atoms with Crippen LogP contribution in [0.2, 0.25) is 0 Å². The number of nitrogens with zero attached hydrogens (tertiary/aromatic N) is 3. The van der Waals surface area contributed by atoms with E-state index >= 15 is 0 Å². The van der Waals surface area contributed by atoms with Crippen molar-refractivity contribution in [2.45, 2.75) is 26.3 Å². The number of aromatic nitrogens is 2. The molecule has 0 N–H and O–H groups in total. The zero-order chi connectivity index (χ0) is 18.6. The smallest absolute Gasteiger partial charge is 0.241 e. The minimum Gasteiger partial charge on any atom is -0.338 e. The highest BCUT2D eigenvalue weighted by molar-refractivity contribution is 5.97. The molecule has 27 heavy (non-hydrogen) atoms. The standard InChI is InChI=1S/C22H23N3O2/c1-16-7-9-19(10-8-16)22-23-20(27-24-22)15-25-13-11-18(12-14-25)21(26)17-5-3-2-4-6-17/h2-10,18H,11-15H2,1H3. The second-order valence-electron chi connectivity index (χ2n) is 7.16. The Morgan fingerprint density at radius 1 is 1.07 bits per heavy atom. The van der Waals surface area contributed by atoms with Gasteiger partial charge >= 0.3 is 0 Å². The largest absolute Gasteiger partial charge is 0.338 e. The molecule has 0 unspecified atom stereocenters. The zero-order valence-electron chi connectivity index (χ0n) is 15.5. The highest BCUT2D eigenvalue weighted by Gasteiger charge is 2.26. The van der Waals surface area contributed by atoms with Crippen LogP contribution in [0.25, 0.3) is 11.4 Å². The molecule has 138 valence electrons. The van der Waals surface area contributed by atoms with Crippen LogP contribution in [0, 0.1) is 12.8 Å². The molecule has 0 saturated carbocycles. The second-order valence-corrected chi connectivity index (χ2v) is 7.16. The van der Waals surface area contributed by atoms with E-state index in [-0.39, 0.29) is 11.7 Å². The van der Waals surface area contributed by atoms with E-state index in [1.165, 1.54) is 5.56 Å². The number of Topliss-reactive ketones (excluding diaryl/α,β-unsaturated/α-hetero) is 1. The molecule has 0 aliphatic carbocycles. The lowest BCUT2D eigenvalue weighted by Crippen LogP contribution is -2.36. The van der Waals surface area contributed by atoms with Crippen LogP contribution in [0.3, 0.4) is 0 Å². The van der Waals surface area contributed by atoms with Crippen LogP contribution >= 0.6 is 0 Å². The fraction of sp³-hybridized carbons (Fsp3) is 0.318. The van der Waals surface area contributed by atoms with Crippen molar-refractivity contribution in [1.29, 1.82) is 0 Å².